The SMILES string of the molecule is O=S([O-])CCCOCc1ccccc1.[Na+]. The Labute approximate surface area is 115 Å². The van der Waals surface area contributed by atoms with Crippen molar-refractivity contribution in [1.82, 2.24) is 0 Å². The first-order valence-corrected chi connectivity index (χ1v) is 5.71. The minimum Gasteiger partial charge on any atom is -0.772 e. The molecule has 0 spiro atoms. The van der Waals surface area contributed by atoms with Gasteiger partial charge in [-0.05, 0) is 12.0 Å². The maximum atomic E-state index is 10.2. The standard InChI is InChI=1S/C10H14O3S.Na/c11-14(12)8-4-7-13-9-10-5-2-1-3-6-10;/h1-3,5-6H,4,7-9H2,(H,11,12);/q;+1/p-1. The second-order valence-electron chi connectivity index (χ2n) is 2.90. The van der Waals surface area contributed by atoms with Crippen LogP contribution in [0, 0.1) is 0 Å². The summed E-state index contributed by atoms with van der Waals surface area (Å²) in [5.41, 5.74) is 1.11. The number of rotatable bonds is 6. The molecule has 1 unspecified atom stereocenters. The van der Waals surface area contributed by atoms with Crippen LogP contribution in [-0.2, 0) is 22.4 Å². The predicted octanol–water partition coefficient (Wildman–Crippen LogP) is -1.52. The molecule has 0 N–H and O–H groups in total. The number of hydrogen-bond donors (Lipinski definition) is 0. The molecule has 1 aromatic rings. The molecule has 1 atom stereocenters. The van der Waals surface area contributed by atoms with E-state index in [9.17, 15) is 8.76 Å². The summed E-state index contributed by atoms with van der Waals surface area (Å²) in [6.07, 6.45) is 0.558. The van der Waals surface area contributed by atoms with Crippen LogP contribution < -0.4 is 29.6 Å². The minimum atomic E-state index is -1.94. The average molecular weight is 236 g/mol. The fourth-order valence-electron chi connectivity index (χ4n) is 1.04. The second-order valence-corrected chi connectivity index (χ2v) is 3.92. The number of hydrogen-bond acceptors (Lipinski definition) is 3. The van der Waals surface area contributed by atoms with E-state index in [2.05, 4.69) is 0 Å². The largest absolute Gasteiger partial charge is 1.00 e. The van der Waals surface area contributed by atoms with E-state index in [0.29, 0.717) is 19.6 Å². The van der Waals surface area contributed by atoms with Crippen molar-refractivity contribution < 1.29 is 43.1 Å². The van der Waals surface area contributed by atoms with Gasteiger partial charge in [-0.15, -0.1) is 0 Å². The molecule has 0 fully saturated rings. The van der Waals surface area contributed by atoms with E-state index in [4.69, 9.17) is 4.74 Å². The van der Waals surface area contributed by atoms with Crippen LogP contribution in [0.5, 0.6) is 0 Å². The van der Waals surface area contributed by atoms with Gasteiger partial charge < -0.3 is 9.29 Å². The van der Waals surface area contributed by atoms with E-state index in [0.717, 1.165) is 5.56 Å². The molecular formula is C10H13NaO3S. The average Bonchev–Trinajstić information content (AvgIpc) is 2.18. The molecular weight excluding hydrogens is 223 g/mol. The van der Waals surface area contributed by atoms with Gasteiger partial charge in [0.25, 0.3) is 0 Å². The Morgan fingerprint density at radius 2 is 1.93 bits per heavy atom. The summed E-state index contributed by atoms with van der Waals surface area (Å²) in [6.45, 7) is 1.04. The van der Waals surface area contributed by atoms with Crippen LogP contribution in [0.25, 0.3) is 0 Å². The van der Waals surface area contributed by atoms with Gasteiger partial charge in [-0.1, -0.05) is 41.4 Å². The summed E-state index contributed by atoms with van der Waals surface area (Å²) < 4.78 is 25.7. The van der Waals surface area contributed by atoms with Gasteiger partial charge in [0.15, 0.2) is 0 Å². The van der Waals surface area contributed by atoms with Crippen LogP contribution >= 0.6 is 0 Å². The van der Waals surface area contributed by atoms with Gasteiger partial charge in [0.2, 0.25) is 0 Å². The molecule has 0 heterocycles. The maximum Gasteiger partial charge on any atom is 1.00 e. The van der Waals surface area contributed by atoms with E-state index < -0.39 is 11.1 Å². The van der Waals surface area contributed by atoms with Crippen molar-refractivity contribution in [3.63, 3.8) is 0 Å². The van der Waals surface area contributed by atoms with Crippen LogP contribution in [0.4, 0.5) is 0 Å². The predicted molar refractivity (Wildman–Crippen MR) is 54.5 cm³/mol. The van der Waals surface area contributed by atoms with Gasteiger partial charge in [0.05, 0.1) is 6.61 Å². The molecule has 78 valence electrons. The summed E-state index contributed by atoms with van der Waals surface area (Å²) in [4.78, 5) is 0. The Bertz CT molecular complexity index is 279. The van der Waals surface area contributed by atoms with Crippen molar-refractivity contribution >= 4 is 11.1 Å². The fourth-order valence-corrected chi connectivity index (χ4v) is 1.40. The van der Waals surface area contributed by atoms with Crippen LogP contribution in [0.2, 0.25) is 0 Å². The monoisotopic (exact) mass is 236 g/mol. The molecule has 0 aliphatic heterocycles. The molecule has 0 amide bonds. The molecule has 0 bridgehead atoms. The van der Waals surface area contributed by atoms with Gasteiger partial charge in [0, 0.05) is 12.4 Å². The third-order valence-corrected chi connectivity index (χ3v) is 2.33. The molecule has 0 saturated carbocycles. The van der Waals surface area contributed by atoms with Crippen LogP contribution in [0.3, 0.4) is 0 Å². The Balaban J connectivity index is 0.00000196. The van der Waals surface area contributed by atoms with Gasteiger partial charge in [-0.3, -0.25) is 4.21 Å². The molecule has 0 aliphatic carbocycles. The van der Waals surface area contributed by atoms with Crippen LogP contribution in [-0.4, -0.2) is 21.1 Å². The number of benzene rings is 1. The van der Waals surface area contributed by atoms with Crippen molar-refractivity contribution in [2.75, 3.05) is 12.4 Å². The Kier molecular flexibility index (Phi) is 9.70. The molecule has 1 rings (SSSR count). The zero-order chi connectivity index (χ0) is 10.2. The number of ether oxygens (including phenoxy) is 1. The van der Waals surface area contributed by atoms with Gasteiger partial charge in [-0.25, -0.2) is 0 Å². The van der Waals surface area contributed by atoms with Crippen molar-refractivity contribution in [3.05, 3.63) is 35.9 Å². The first-order valence-electron chi connectivity index (χ1n) is 4.46. The molecule has 3 nitrogen and oxygen atoms in total. The molecule has 1 aromatic carbocycles. The summed E-state index contributed by atoms with van der Waals surface area (Å²) in [5, 5.41) is 0. The molecule has 15 heavy (non-hydrogen) atoms. The third-order valence-electron chi connectivity index (χ3n) is 1.71. The topological polar surface area (TPSA) is 49.4 Å². The normalized spacial score (nSPS) is 11.8. The minimum absolute atomic E-state index is 0. The van der Waals surface area contributed by atoms with E-state index in [-0.39, 0.29) is 35.3 Å². The first kappa shape index (κ1) is 15.3. The Morgan fingerprint density at radius 1 is 1.27 bits per heavy atom. The molecule has 0 saturated heterocycles. The fraction of sp³-hybridized carbons (Fsp3) is 0.400. The second kappa shape index (κ2) is 9.51. The Morgan fingerprint density at radius 3 is 2.53 bits per heavy atom. The summed E-state index contributed by atoms with van der Waals surface area (Å²) in [5.74, 6) is 0.175. The van der Waals surface area contributed by atoms with E-state index in [1.54, 1.807) is 0 Å². The van der Waals surface area contributed by atoms with Gasteiger partial charge in [-0.2, -0.15) is 0 Å². The smallest absolute Gasteiger partial charge is 0.772 e. The van der Waals surface area contributed by atoms with Gasteiger partial charge in [0.1, 0.15) is 0 Å². The summed E-state index contributed by atoms with van der Waals surface area (Å²) in [7, 11) is 0. The first-order chi connectivity index (χ1) is 6.79. The molecule has 5 heteroatoms. The quantitative estimate of drug-likeness (QED) is 0.342. The zero-order valence-corrected chi connectivity index (χ0v) is 11.7. The van der Waals surface area contributed by atoms with E-state index >= 15 is 0 Å². The van der Waals surface area contributed by atoms with E-state index in [1.165, 1.54) is 0 Å². The van der Waals surface area contributed by atoms with Crippen LogP contribution in [0.1, 0.15) is 12.0 Å². The molecule has 0 aromatic heterocycles. The maximum absolute atomic E-state index is 10.2. The summed E-state index contributed by atoms with van der Waals surface area (Å²) >= 11 is -1.94. The van der Waals surface area contributed by atoms with Crippen molar-refractivity contribution in [3.8, 4) is 0 Å². The van der Waals surface area contributed by atoms with Gasteiger partial charge >= 0.3 is 29.6 Å². The zero-order valence-electron chi connectivity index (χ0n) is 8.85. The Hall–Kier alpha value is 0.290. The molecule has 0 radical (unpaired) electrons. The third kappa shape index (κ3) is 8.13. The van der Waals surface area contributed by atoms with Crippen molar-refractivity contribution in [2.45, 2.75) is 13.0 Å². The van der Waals surface area contributed by atoms with Crippen molar-refractivity contribution in [2.24, 2.45) is 0 Å². The van der Waals surface area contributed by atoms with Crippen molar-refractivity contribution in [1.29, 1.82) is 0 Å². The summed E-state index contributed by atoms with van der Waals surface area (Å²) in [6, 6.07) is 9.80. The molecule has 0 aliphatic rings. The van der Waals surface area contributed by atoms with E-state index in [1.807, 2.05) is 30.3 Å². The van der Waals surface area contributed by atoms with Crippen LogP contribution in [0.15, 0.2) is 30.3 Å².